The number of methoxy groups -OCH3 is 1. The van der Waals surface area contributed by atoms with Gasteiger partial charge in [-0.25, -0.2) is 0 Å². The maximum Gasteiger partial charge on any atom is 0.244 e. The number of thioether (sulfide) groups is 1. The molecule has 0 radical (unpaired) electrons. The Morgan fingerprint density at radius 3 is 2.91 bits per heavy atom. The van der Waals surface area contributed by atoms with Gasteiger partial charge in [0, 0.05) is 5.02 Å². The molecule has 0 unspecified atom stereocenters. The largest absolute Gasteiger partial charge is 0.495 e. The van der Waals surface area contributed by atoms with Gasteiger partial charge in [0.25, 0.3) is 0 Å². The van der Waals surface area contributed by atoms with Gasteiger partial charge in [-0.15, -0.1) is 11.8 Å². The topological polar surface area (TPSA) is 75.7 Å². The van der Waals surface area contributed by atoms with Crippen molar-refractivity contribution in [3.63, 3.8) is 0 Å². The smallest absolute Gasteiger partial charge is 0.244 e. The van der Waals surface area contributed by atoms with Crippen molar-refractivity contribution in [1.82, 2.24) is 4.90 Å². The van der Waals surface area contributed by atoms with Crippen molar-refractivity contribution in [2.75, 3.05) is 24.7 Å². The van der Waals surface area contributed by atoms with Crippen molar-refractivity contribution in [2.45, 2.75) is 12.2 Å². The maximum atomic E-state index is 12.1. The summed E-state index contributed by atoms with van der Waals surface area (Å²) in [6.45, 7) is 1.39. The molecule has 1 saturated heterocycles. The molecule has 0 bridgehead atoms. The standard InChI is InChI=1S/C14H15ClN2O4S/c1-8-14(20)17(13(19)7-22-8)6-12(18)16-10-5-9(15)3-4-11(10)21-2/h3-5,8H,6-7H2,1-2H3,(H,16,18)/t8-/m0/s1. The lowest BCUT2D eigenvalue weighted by Gasteiger charge is -2.27. The zero-order chi connectivity index (χ0) is 16.3. The number of hydrogen-bond donors (Lipinski definition) is 1. The molecule has 0 aliphatic carbocycles. The Morgan fingerprint density at radius 1 is 1.50 bits per heavy atom. The normalized spacial score (nSPS) is 18.3. The second kappa shape index (κ2) is 7.02. The molecular weight excluding hydrogens is 328 g/mol. The second-order valence-electron chi connectivity index (χ2n) is 4.66. The first kappa shape index (κ1) is 16.6. The minimum atomic E-state index is -0.485. The van der Waals surface area contributed by atoms with E-state index in [2.05, 4.69) is 5.32 Å². The Kier molecular flexibility index (Phi) is 5.31. The van der Waals surface area contributed by atoms with Crippen LogP contribution in [0.15, 0.2) is 18.2 Å². The third-order valence-electron chi connectivity index (χ3n) is 3.11. The molecular formula is C14H15ClN2O4S. The fraction of sp³-hybridized carbons (Fsp3) is 0.357. The van der Waals surface area contributed by atoms with E-state index in [0.29, 0.717) is 16.5 Å². The highest BCUT2D eigenvalue weighted by molar-refractivity contribution is 8.01. The zero-order valence-corrected chi connectivity index (χ0v) is 13.7. The molecule has 0 aromatic heterocycles. The first-order valence-electron chi connectivity index (χ1n) is 6.51. The minimum Gasteiger partial charge on any atom is -0.495 e. The monoisotopic (exact) mass is 342 g/mol. The molecule has 1 aliphatic heterocycles. The van der Waals surface area contributed by atoms with Gasteiger partial charge >= 0.3 is 0 Å². The van der Waals surface area contributed by atoms with Crippen LogP contribution in [0.4, 0.5) is 5.69 Å². The number of anilines is 1. The van der Waals surface area contributed by atoms with Crippen LogP contribution in [0.3, 0.4) is 0 Å². The van der Waals surface area contributed by atoms with E-state index in [0.717, 1.165) is 4.90 Å². The molecule has 1 heterocycles. The van der Waals surface area contributed by atoms with Crippen molar-refractivity contribution in [1.29, 1.82) is 0 Å². The Labute approximate surface area is 137 Å². The van der Waals surface area contributed by atoms with Gasteiger partial charge < -0.3 is 10.1 Å². The molecule has 3 amide bonds. The predicted octanol–water partition coefficient (Wildman–Crippen LogP) is 1.78. The van der Waals surface area contributed by atoms with E-state index >= 15 is 0 Å². The van der Waals surface area contributed by atoms with Gasteiger partial charge in [0.05, 0.1) is 23.8 Å². The van der Waals surface area contributed by atoms with Gasteiger partial charge in [-0.05, 0) is 25.1 Å². The summed E-state index contributed by atoms with van der Waals surface area (Å²) in [7, 11) is 1.47. The molecule has 1 N–H and O–H groups in total. The molecule has 0 saturated carbocycles. The van der Waals surface area contributed by atoms with Crippen LogP contribution in [0.5, 0.6) is 5.75 Å². The number of nitrogens with one attached hydrogen (secondary N) is 1. The predicted molar refractivity (Wildman–Crippen MR) is 85.3 cm³/mol. The molecule has 1 atom stereocenters. The molecule has 1 aliphatic rings. The number of hydrogen-bond acceptors (Lipinski definition) is 5. The average molecular weight is 343 g/mol. The lowest BCUT2D eigenvalue weighted by Crippen LogP contribution is -2.49. The zero-order valence-electron chi connectivity index (χ0n) is 12.1. The quantitative estimate of drug-likeness (QED) is 0.844. The first-order valence-corrected chi connectivity index (χ1v) is 7.94. The van der Waals surface area contributed by atoms with E-state index in [1.807, 2.05) is 0 Å². The summed E-state index contributed by atoms with van der Waals surface area (Å²) in [6, 6.07) is 4.79. The number of ether oxygens (including phenoxy) is 1. The number of nitrogens with zero attached hydrogens (tertiary/aromatic N) is 1. The van der Waals surface area contributed by atoms with E-state index < -0.39 is 5.91 Å². The van der Waals surface area contributed by atoms with Crippen LogP contribution in [0.2, 0.25) is 5.02 Å². The Morgan fingerprint density at radius 2 is 2.23 bits per heavy atom. The number of imide groups is 1. The molecule has 0 spiro atoms. The van der Waals surface area contributed by atoms with Crippen molar-refractivity contribution in [3.05, 3.63) is 23.2 Å². The van der Waals surface area contributed by atoms with Gasteiger partial charge in [0.15, 0.2) is 0 Å². The molecule has 22 heavy (non-hydrogen) atoms. The Bertz CT molecular complexity index is 623. The number of carbonyl (C=O) groups excluding carboxylic acids is 3. The highest BCUT2D eigenvalue weighted by atomic mass is 35.5. The summed E-state index contributed by atoms with van der Waals surface area (Å²) in [5, 5.41) is 2.71. The third-order valence-corrected chi connectivity index (χ3v) is 4.46. The number of rotatable bonds is 4. The molecule has 1 aromatic carbocycles. The summed E-state index contributed by atoms with van der Waals surface area (Å²) in [5.74, 6) is -0.559. The number of carbonyl (C=O) groups is 3. The lowest BCUT2D eigenvalue weighted by molar-refractivity contribution is -0.145. The molecule has 118 valence electrons. The van der Waals surface area contributed by atoms with Crippen LogP contribution in [0.25, 0.3) is 0 Å². The Hall–Kier alpha value is -1.73. The van der Waals surface area contributed by atoms with Gasteiger partial charge in [0.2, 0.25) is 17.7 Å². The fourth-order valence-corrected chi connectivity index (χ4v) is 2.96. The Balaban J connectivity index is 2.08. The second-order valence-corrected chi connectivity index (χ2v) is 6.43. The van der Waals surface area contributed by atoms with Crippen molar-refractivity contribution >= 4 is 46.8 Å². The maximum absolute atomic E-state index is 12.1. The first-order chi connectivity index (χ1) is 10.4. The highest BCUT2D eigenvalue weighted by Gasteiger charge is 2.33. The third kappa shape index (κ3) is 3.72. The number of benzene rings is 1. The fourth-order valence-electron chi connectivity index (χ4n) is 1.97. The SMILES string of the molecule is COc1ccc(Cl)cc1NC(=O)CN1C(=O)CS[C@@H](C)C1=O. The summed E-state index contributed by atoms with van der Waals surface area (Å²) in [6.07, 6.45) is 0. The summed E-state index contributed by atoms with van der Waals surface area (Å²) >= 11 is 7.15. The highest BCUT2D eigenvalue weighted by Crippen LogP contribution is 2.27. The van der Waals surface area contributed by atoms with Crippen LogP contribution in [0, 0.1) is 0 Å². The minimum absolute atomic E-state index is 0.195. The molecule has 2 rings (SSSR count). The molecule has 8 heteroatoms. The van der Waals surface area contributed by atoms with Crippen LogP contribution < -0.4 is 10.1 Å². The van der Waals surface area contributed by atoms with Gasteiger partial charge in [-0.3, -0.25) is 19.3 Å². The van der Waals surface area contributed by atoms with Crippen molar-refractivity contribution < 1.29 is 19.1 Å². The molecule has 6 nitrogen and oxygen atoms in total. The van der Waals surface area contributed by atoms with Crippen LogP contribution in [0.1, 0.15) is 6.92 Å². The van der Waals surface area contributed by atoms with Gasteiger partial charge in [0.1, 0.15) is 12.3 Å². The van der Waals surface area contributed by atoms with E-state index in [9.17, 15) is 14.4 Å². The summed E-state index contributed by atoms with van der Waals surface area (Å²) in [5.41, 5.74) is 0.388. The number of amides is 3. The van der Waals surface area contributed by atoms with Gasteiger partial charge in [-0.1, -0.05) is 11.6 Å². The van der Waals surface area contributed by atoms with E-state index in [4.69, 9.17) is 16.3 Å². The average Bonchev–Trinajstić information content (AvgIpc) is 2.48. The summed E-state index contributed by atoms with van der Waals surface area (Å²) < 4.78 is 5.13. The lowest BCUT2D eigenvalue weighted by atomic mass is 10.3. The molecule has 1 fully saturated rings. The van der Waals surface area contributed by atoms with Crippen LogP contribution in [-0.4, -0.2) is 47.3 Å². The molecule has 1 aromatic rings. The van der Waals surface area contributed by atoms with Crippen LogP contribution >= 0.6 is 23.4 Å². The van der Waals surface area contributed by atoms with E-state index in [-0.39, 0.29) is 29.4 Å². The van der Waals surface area contributed by atoms with E-state index in [1.54, 1.807) is 19.1 Å². The van der Waals surface area contributed by atoms with Crippen LogP contribution in [-0.2, 0) is 14.4 Å². The number of halogens is 1. The van der Waals surface area contributed by atoms with Gasteiger partial charge in [-0.2, -0.15) is 0 Å². The van der Waals surface area contributed by atoms with E-state index in [1.165, 1.54) is 24.9 Å². The van der Waals surface area contributed by atoms with Crippen molar-refractivity contribution in [2.24, 2.45) is 0 Å². The summed E-state index contributed by atoms with van der Waals surface area (Å²) in [4.78, 5) is 36.8. The van der Waals surface area contributed by atoms with Crippen molar-refractivity contribution in [3.8, 4) is 5.75 Å².